The van der Waals surface area contributed by atoms with Gasteiger partial charge in [-0.05, 0) is 24.5 Å². The van der Waals surface area contributed by atoms with Crippen LogP contribution in [0.2, 0.25) is 0 Å². The summed E-state index contributed by atoms with van der Waals surface area (Å²) < 4.78 is 14.7. The fraction of sp³-hybridized carbons (Fsp3) is 0.240. The zero-order chi connectivity index (χ0) is 22.5. The lowest BCUT2D eigenvalue weighted by Gasteiger charge is -2.33. The fourth-order valence-corrected chi connectivity index (χ4v) is 4.93. The molecule has 1 heterocycles. The van der Waals surface area contributed by atoms with Crippen molar-refractivity contribution in [1.29, 1.82) is 5.26 Å². The third-order valence-corrected chi connectivity index (χ3v) is 6.58. The Bertz CT molecular complexity index is 1150. The van der Waals surface area contributed by atoms with Crippen LogP contribution < -0.4 is 10.6 Å². The maximum absolute atomic E-state index is 14.7. The normalized spacial score (nSPS) is 18.0. The summed E-state index contributed by atoms with van der Waals surface area (Å²) in [6.45, 7) is 0.416. The predicted octanol–water partition coefficient (Wildman–Crippen LogP) is 4.30. The lowest BCUT2D eigenvalue weighted by atomic mass is 9.76. The van der Waals surface area contributed by atoms with Crippen LogP contribution in [-0.4, -0.2) is 17.4 Å². The van der Waals surface area contributed by atoms with Crippen LogP contribution in [0.4, 0.5) is 4.39 Å². The number of benzene rings is 2. The smallest absolute Gasteiger partial charge is 0.230 e. The van der Waals surface area contributed by atoms with Gasteiger partial charge in [0.25, 0.3) is 0 Å². The molecule has 2 aromatic carbocycles. The molecule has 0 saturated carbocycles. The molecule has 0 fully saturated rings. The summed E-state index contributed by atoms with van der Waals surface area (Å²) in [6, 6.07) is 18.0. The molecule has 0 spiro atoms. The minimum absolute atomic E-state index is 0.0654. The maximum Gasteiger partial charge on any atom is 0.230 e. The number of hydrogen-bond donors (Lipinski definition) is 2. The van der Waals surface area contributed by atoms with Crippen LogP contribution in [0.15, 0.2) is 76.5 Å². The number of rotatable bonds is 6. The van der Waals surface area contributed by atoms with Gasteiger partial charge < -0.3 is 10.6 Å². The Labute approximate surface area is 190 Å². The SMILES string of the molecule is N#CC1=C(SCC(=O)NCc2ccccc2)NC2=C(C(=O)CCC2)[C@@H]1c1ccccc1F. The molecule has 2 aliphatic rings. The first kappa shape index (κ1) is 21.8. The minimum Gasteiger partial charge on any atom is -0.352 e. The van der Waals surface area contributed by atoms with E-state index in [2.05, 4.69) is 16.7 Å². The number of dihydropyridines is 1. The molecular weight excluding hydrogens is 425 g/mol. The second kappa shape index (κ2) is 9.84. The van der Waals surface area contributed by atoms with E-state index in [4.69, 9.17) is 0 Å². The van der Waals surface area contributed by atoms with Gasteiger partial charge in [0.2, 0.25) is 5.91 Å². The Morgan fingerprint density at radius 1 is 1.16 bits per heavy atom. The zero-order valence-electron chi connectivity index (χ0n) is 17.4. The molecule has 0 saturated heterocycles. The van der Waals surface area contributed by atoms with Gasteiger partial charge in [0.1, 0.15) is 5.82 Å². The summed E-state index contributed by atoms with van der Waals surface area (Å²) in [5, 5.41) is 16.5. The monoisotopic (exact) mass is 447 g/mol. The molecule has 1 amide bonds. The molecule has 1 atom stereocenters. The number of carbonyl (C=O) groups excluding carboxylic acids is 2. The van der Waals surface area contributed by atoms with Crippen LogP contribution >= 0.6 is 11.8 Å². The van der Waals surface area contributed by atoms with Crippen molar-refractivity contribution in [1.82, 2.24) is 10.6 Å². The molecular formula is C25H22FN3O2S. The van der Waals surface area contributed by atoms with Crippen molar-refractivity contribution >= 4 is 23.5 Å². The number of nitriles is 1. The standard InChI is InChI=1S/C25H22FN3O2S/c26-19-10-5-4-9-17(19)23-18(13-27)25(29-20-11-6-12-21(30)24(20)23)32-15-22(31)28-14-16-7-2-1-3-8-16/h1-5,7-10,23,29H,6,11-12,14-15H2,(H,28,31)/t23-/m1/s1. The summed E-state index contributed by atoms with van der Waals surface area (Å²) >= 11 is 1.20. The third kappa shape index (κ3) is 4.61. The van der Waals surface area contributed by atoms with Crippen molar-refractivity contribution in [2.24, 2.45) is 0 Å². The van der Waals surface area contributed by atoms with E-state index in [1.807, 2.05) is 30.3 Å². The van der Waals surface area contributed by atoms with Crippen LogP contribution in [0.1, 0.15) is 36.3 Å². The van der Waals surface area contributed by atoms with Gasteiger partial charge in [0.15, 0.2) is 5.78 Å². The summed E-state index contributed by atoms with van der Waals surface area (Å²) in [4.78, 5) is 25.2. The minimum atomic E-state index is -0.764. The van der Waals surface area contributed by atoms with Crippen molar-refractivity contribution in [2.75, 3.05) is 5.75 Å². The number of nitrogens with zero attached hydrogens (tertiary/aromatic N) is 1. The highest BCUT2D eigenvalue weighted by Crippen LogP contribution is 2.44. The predicted molar refractivity (Wildman–Crippen MR) is 122 cm³/mol. The highest BCUT2D eigenvalue weighted by Gasteiger charge is 2.38. The quantitative estimate of drug-likeness (QED) is 0.690. The third-order valence-electron chi connectivity index (χ3n) is 5.56. The molecule has 162 valence electrons. The number of nitrogens with one attached hydrogen (secondary N) is 2. The number of amides is 1. The Kier molecular flexibility index (Phi) is 6.72. The van der Waals surface area contributed by atoms with Gasteiger partial charge in [-0.3, -0.25) is 9.59 Å². The maximum atomic E-state index is 14.7. The van der Waals surface area contributed by atoms with Crippen molar-refractivity contribution in [2.45, 2.75) is 31.7 Å². The average Bonchev–Trinajstić information content (AvgIpc) is 2.81. The zero-order valence-corrected chi connectivity index (χ0v) is 18.2. The van der Waals surface area contributed by atoms with Gasteiger partial charge in [-0.1, -0.05) is 60.3 Å². The second-order valence-corrected chi connectivity index (χ2v) is 8.64. The molecule has 1 aliphatic carbocycles. The fourth-order valence-electron chi connectivity index (χ4n) is 4.04. The molecule has 2 aromatic rings. The molecule has 7 heteroatoms. The van der Waals surface area contributed by atoms with E-state index < -0.39 is 11.7 Å². The molecule has 32 heavy (non-hydrogen) atoms. The van der Waals surface area contributed by atoms with Gasteiger partial charge >= 0.3 is 0 Å². The number of halogens is 1. The summed E-state index contributed by atoms with van der Waals surface area (Å²) in [7, 11) is 0. The van der Waals surface area contributed by atoms with Crippen LogP contribution in [0, 0.1) is 17.1 Å². The molecule has 0 aromatic heterocycles. The first-order valence-electron chi connectivity index (χ1n) is 10.4. The Morgan fingerprint density at radius 3 is 2.66 bits per heavy atom. The number of Topliss-reactive ketones (excluding diaryl/α,β-unsaturated/α-hetero) is 1. The first-order chi connectivity index (χ1) is 15.6. The Morgan fingerprint density at radius 2 is 1.91 bits per heavy atom. The first-order valence-corrected chi connectivity index (χ1v) is 11.4. The summed E-state index contributed by atoms with van der Waals surface area (Å²) in [5.41, 5.74) is 2.76. The highest BCUT2D eigenvalue weighted by molar-refractivity contribution is 8.03. The number of allylic oxidation sites excluding steroid dienone is 3. The van der Waals surface area contributed by atoms with Crippen molar-refractivity contribution in [3.63, 3.8) is 0 Å². The van der Waals surface area contributed by atoms with Crippen LogP contribution in [0.3, 0.4) is 0 Å². The van der Waals surface area contributed by atoms with E-state index in [1.165, 1.54) is 17.8 Å². The molecule has 2 N–H and O–H groups in total. The van der Waals surface area contributed by atoms with Crippen molar-refractivity contribution < 1.29 is 14.0 Å². The average molecular weight is 448 g/mol. The Hall–Kier alpha value is -3.37. The van der Waals surface area contributed by atoms with Gasteiger partial charge in [-0.2, -0.15) is 5.26 Å². The molecule has 0 unspecified atom stereocenters. The van der Waals surface area contributed by atoms with Crippen LogP contribution in [0.25, 0.3) is 0 Å². The van der Waals surface area contributed by atoms with Crippen LogP contribution in [-0.2, 0) is 16.1 Å². The summed E-state index contributed by atoms with van der Waals surface area (Å²) in [5.74, 6) is -1.36. The largest absolute Gasteiger partial charge is 0.352 e. The Balaban J connectivity index is 1.57. The van der Waals surface area contributed by atoms with E-state index in [1.54, 1.807) is 18.2 Å². The number of thioether (sulfide) groups is 1. The second-order valence-electron chi connectivity index (χ2n) is 7.65. The number of carbonyl (C=O) groups is 2. The van der Waals surface area contributed by atoms with Gasteiger partial charge in [-0.15, -0.1) is 0 Å². The lowest BCUT2D eigenvalue weighted by Crippen LogP contribution is -2.32. The lowest BCUT2D eigenvalue weighted by molar-refractivity contribution is -0.119. The van der Waals surface area contributed by atoms with E-state index >= 15 is 0 Å². The van der Waals surface area contributed by atoms with Crippen molar-refractivity contribution in [3.8, 4) is 6.07 Å². The number of hydrogen-bond acceptors (Lipinski definition) is 5. The topological polar surface area (TPSA) is 82.0 Å². The van der Waals surface area contributed by atoms with Gasteiger partial charge in [-0.25, -0.2) is 4.39 Å². The molecule has 0 radical (unpaired) electrons. The highest BCUT2D eigenvalue weighted by atomic mass is 32.2. The van der Waals surface area contributed by atoms with E-state index in [0.29, 0.717) is 42.0 Å². The van der Waals surface area contributed by atoms with Gasteiger partial charge in [0.05, 0.1) is 28.3 Å². The van der Waals surface area contributed by atoms with E-state index in [0.717, 1.165) is 11.3 Å². The molecule has 5 nitrogen and oxygen atoms in total. The van der Waals surface area contributed by atoms with Gasteiger partial charge in [0, 0.05) is 29.8 Å². The summed E-state index contributed by atoms with van der Waals surface area (Å²) in [6.07, 6.45) is 1.73. The number of ketones is 1. The molecule has 4 rings (SSSR count). The molecule has 1 aliphatic heterocycles. The molecule has 0 bridgehead atoms. The van der Waals surface area contributed by atoms with E-state index in [-0.39, 0.29) is 23.0 Å². The van der Waals surface area contributed by atoms with Crippen molar-refractivity contribution in [3.05, 3.63) is 93.4 Å². The van der Waals surface area contributed by atoms with Crippen LogP contribution in [0.5, 0.6) is 0 Å². The van der Waals surface area contributed by atoms with E-state index in [9.17, 15) is 19.2 Å².